The molecule has 8 heteroatoms. The van der Waals surface area contributed by atoms with Gasteiger partial charge in [-0.25, -0.2) is 14.4 Å². The van der Waals surface area contributed by atoms with Gasteiger partial charge in [-0.15, -0.1) is 0 Å². The van der Waals surface area contributed by atoms with E-state index in [0.717, 1.165) is 4.57 Å². The molecular formula is C18H15ClN2O5. The number of hydrogen-bond acceptors (Lipinski definition) is 4. The lowest BCUT2D eigenvalue weighted by Gasteiger charge is -2.17. The molecule has 0 bridgehead atoms. The first-order chi connectivity index (χ1) is 12.5. The molecule has 1 aromatic heterocycles. The van der Waals surface area contributed by atoms with Gasteiger partial charge in [-0.1, -0.05) is 41.9 Å². The molecule has 0 spiro atoms. The Labute approximate surface area is 153 Å². The van der Waals surface area contributed by atoms with Crippen molar-refractivity contribution in [1.82, 2.24) is 9.13 Å². The van der Waals surface area contributed by atoms with Gasteiger partial charge in [-0.3, -0.25) is 4.57 Å². The van der Waals surface area contributed by atoms with Crippen LogP contribution in [-0.2, 0) is 9.53 Å². The maximum Gasteiger partial charge on any atom is 0.420 e. The van der Waals surface area contributed by atoms with Gasteiger partial charge in [0.15, 0.2) is 6.04 Å². The topological polar surface area (TPSA) is 90.5 Å². The minimum atomic E-state index is -1.45. The second-order valence-corrected chi connectivity index (χ2v) is 5.91. The van der Waals surface area contributed by atoms with E-state index in [0.29, 0.717) is 15.2 Å². The van der Waals surface area contributed by atoms with Gasteiger partial charge in [0.05, 0.1) is 17.6 Å². The second kappa shape index (κ2) is 7.05. The van der Waals surface area contributed by atoms with Gasteiger partial charge >= 0.3 is 17.8 Å². The standard InChI is InChI=1S/C18H15ClN2O5/c1-2-26-16(22)15(11-6-4-3-5-7-11)20-14-10-12(19)8-9-13(14)21(17(20)23)18(24)25/h3-10,15H,2H2,1H3,(H,24,25). The zero-order valence-corrected chi connectivity index (χ0v) is 14.5. The van der Waals surface area contributed by atoms with E-state index in [-0.39, 0.29) is 17.6 Å². The van der Waals surface area contributed by atoms with Crippen molar-refractivity contribution in [1.29, 1.82) is 0 Å². The summed E-state index contributed by atoms with van der Waals surface area (Å²) < 4.78 is 6.81. The minimum Gasteiger partial charge on any atom is -0.464 e. The number of rotatable bonds is 4. The van der Waals surface area contributed by atoms with Crippen molar-refractivity contribution in [3.05, 3.63) is 69.6 Å². The lowest BCUT2D eigenvalue weighted by molar-refractivity contribution is -0.145. The summed E-state index contributed by atoms with van der Waals surface area (Å²) in [4.78, 5) is 37.1. The molecule has 0 aliphatic carbocycles. The zero-order valence-electron chi connectivity index (χ0n) is 13.8. The quantitative estimate of drug-likeness (QED) is 0.708. The van der Waals surface area contributed by atoms with Gasteiger partial charge < -0.3 is 9.84 Å². The van der Waals surface area contributed by atoms with E-state index >= 15 is 0 Å². The van der Waals surface area contributed by atoms with Crippen LogP contribution >= 0.6 is 11.6 Å². The molecule has 1 heterocycles. The largest absolute Gasteiger partial charge is 0.464 e. The first-order valence-electron chi connectivity index (χ1n) is 7.83. The van der Waals surface area contributed by atoms with Crippen molar-refractivity contribution in [2.75, 3.05) is 6.61 Å². The van der Waals surface area contributed by atoms with Crippen molar-refractivity contribution < 1.29 is 19.4 Å². The van der Waals surface area contributed by atoms with Crippen LogP contribution in [0.25, 0.3) is 11.0 Å². The molecule has 0 saturated carbocycles. The molecule has 26 heavy (non-hydrogen) atoms. The summed E-state index contributed by atoms with van der Waals surface area (Å²) in [6.07, 6.45) is -1.45. The molecule has 1 atom stereocenters. The Morgan fingerprint density at radius 2 is 1.85 bits per heavy atom. The van der Waals surface area contributed by atoms with Crippen molar-refractivity contribution in [2.24, 2.45) is 0 Å². The Balaban J connectivity index is 2.37. The molecule has 3 aromatic rings. The number of carbonyl (C=O) groups is 2. The van der Waals surface area contributed by atoms with E-state index in [2.05, 4.69) is 0 Å². The number of halogens is 1. The van der Waals surface area contributed by atoms with Crippen LogP contribution in [0.15, 0.2) is 53.3 Å². The summed E-state index contributed by atoms with van der Waals surface area (Å²) in [7, 11) is 0. The highest BCUT2D eigenvalue weighted by Crippen LogP contribution is 2.26. The predicted molar refractivity (Wildman–Crippen MR) is 95.8 cm³/mol. The number of ether oxygens (including phenoxy) is 1. The maximum absolute atomic E-state index is 12.9. The number of carboxylic acid groups (broad SMARTS) is 1. The highest BCUT2D eigenvalue weighted by Gasteiger charge is 2.30. The van der Waals surface area contributed by atoms with Gasteiger partial charge in [0, 0.05) is 5.02 Å². The number of carbonyl (C=O) groups excluding carboxylic acids is 1. The third-order valence-corrected chi connectivity index (χ3v) is 4.15. The lowest BCUT2D eigenvalue weighted by Crippen LogP contribution is -2.34. The van der Waals surface area contributed by atoms with Crippen LogP contribution in [0.3, 0.4) is 0 Å². The van der Waals surface area contributed by atoms with Gasteiger partial charge in [0.1, 0.15) is 0 Å². The number of nitrogens with zero attached hydrogens (tertiary/aromatic N) is 2. The molecule has 0 saturated heterocycles. The minimum absolute atomic E-state index is 0.120. The molecule has 1 unspecified atom stereocenters. The fraction of sp³-hybridized carbons (Fsp3) is 0.167. The molecule has 3 rings (SSSR count). The Morgan fingerprint density at radius 1 is 1.15 bits per heavy atom. The second-order valence-electron chi connectivity index (χ2n) is 5.47. The van der Waals surface area contributed by atoms with E-state index < -0.39 is 23.8 Å². The van der Waals surface area contributed by atoms with Crippen LogP contribution in [-0.4, -0.2) is 32.9 Å². The predicted octanol–water partition coefficient (Wildman–Crippen LogP) is 3.14. The summed E-state index contributed by atoms with van der Waals surface area (Å²) in [5.41, 5.74) is -0.00178. The van der Waals surface area contributed by atoms with Crippen LogP contribution in [0.2, 0.25) is 5.02 Å². The molecule has 0 amide bonds. The van der Waals surface area contributed by atoms with E-state index in [4.69, 9.17) is 16.3 Å². The number of hydrogen-bond donors (Lipinski definition) is 1. The van der Waals surface area contributed by atoms with Gasteiger partial charge in [-0.05, 0) is 30.7 Å². The molecule has 0 fully saturated rings. The van der Waals surface area contributed by atoms with Crippen molar-refractivity contribution >= 4 is 34.7 Å². The van der Waals surface area contributed by atoms with Crippen molar-refractivity contribution in [3.8, 4) is 0 Å². The number of imidazole rings is 1. The molecule has 2 aromatic carbocycles. The fourth-order valence-corrected chi connectivity index (χ4v) is 3.04. The molecule has 134 valence electrons. The molecular weight excluding hydrogens is 360 g/mol. The van der Waals surface area contributed by atoms with Crippen LogP contribution < -0.4 is 5.69 Å². The van der Waals surface area contributed by atoms with Crippen LogP contribution in [0.1, 0.15) is 18.5 Å². The first-order valence-corrected chi connectivity index (χ1v) is 8.21. The van der Waals surface area contributed by atoms with Crippen LogP contribution in [0, 0.1) is 0 Å². The molecule has 0 aliphatic heterocycles. The smallest absolute Gasteiger partial charge is 0.420 e. The molecule has 0 aliphatic rings. The summed E-state index contributed by atoms with van der Waals surface area (Å²) in [6.45, 7) is 1.77. The highest BCUT2D eigenvalue weighted by molar-refractivity contribution is 6.31. The first kappa shape index (κ1) is 17.8. The molecule has 0 radical (unpaired) electrons. The van der Waals surface area contributed by atoms with Gasteiger partial charge in [0.2, 0.25) is 0 Å². The summed E-state index contributed by atoms with van der Waals surface area (Å²) >= 11 is 6.04. The third kappa shape index (κ3) is 2.97. The zero-order chi connectivity index (χ0) is 18.8. The lowest BCUT2D eigenvalue weighted by atomic mass is 10.1. The van der Waals surface area contributed by atoms with Gasteiger partial charge in [-0.2, -0.15) is 4.57 Å². The summed E-state index contributed by atoms with van der Waals surface area (Å²) in [5, 5.41) is 9.75. The van der Waals surface area contributed by atoms with E-state index in [1.54, 1.807) is 37.3 Å². The molecule has 1 N–H and O–H groups in total. The Hall–Kier alpha value is -3.06. The monoisotopic (exact) mass is 374 g/mol. The third-order valence-electron chi connectivity index (χ3n) is 3.91. The molecule has 7 nitrogen and oxygen atoms in total. The van der Waals surface area contributed by atoms with E-state index in [9.17, 15) is 19.5 Å². The number of fused-ring (bicyclic) bond motifs is 1. The maximum atomic E-state index is 12.9. The van der Waals surface area contributed by atoms with Crippen LogP contribution in [0.5, 0.6) is 0 Å². The Bertz CT molecular complexity index is 1040. The Morgan fingerprint density at radius 3 is 2.46 bits per heavy atom. The van der Waals surface area contributed by atoms with E-state index in [1.165, 1.54) is 18.2 Å². The Kier molecular flexibility index (Phi) is 4.81. The van der Waals surface area contributed by atoms with Crippen molar-refractivity contribution in [3.63, 3.8) is 0 Å². The van der Waals surface area contributed by atoms with E-state index in [1.807, 2.05) is 0 Å². The number of benzene rings is 2. The SMILES string of the molecule is CCOC(=O)C(c1ccccc1)n1c(=O)n(C(=O)O)c2ccc(Cl)cc21. The normalized spacial score (nSPS) is 12.1. The van der Waals surface area contributed by atoms with Crippen molar-refractivity contribution in [2.45, 2.75) is 13.0 Å². The average molecular weight is 375 g/mol. The fourth-order valence-electron chi connectivity index (χ4n) is 2.87. The summed E-state index contributed by atoms with van der Waals surface area (Å²) in [6, 6.07) is 11.8. The number of esters is 1. The number of aromatic nitrogens is 2. The van der Waals surface area contributed by atoms with Gasteiger partial charge in [0.25, 0.3) is 0 Å². The summed E-state index contributed by atoms with van der Waals surface area (Å²) in [5.74, 6) is -0.662. The average Bonchev–Trinajstić information content (AvgIpc) is 2.88. The van der Waals surface area contributed by atoms with Crippen LogP contribution in [0.4, 0.5) is 4.79 Å². The highest BCUT2D eigenvalue weighted by atomic mass is 35.5.